The van der Waals surface area contributed by atoms with Crippen molar-refractivity contribution < 1.29 is 13.6 Å². The molecule has 0 unspecified atom stereocenters. The summed E-state index contributed by atoms with van der Waals surface area (Å²) in [6.45, 7) is 0. The van der Waals surface area contributed by atoms with Crippen molar-refractivity contribution in [2.45, 2.75) is 6.42 Å². The summed E-state index contributed by atoms with van der Waals surface area (Å²) in [7, 11) is 0. The molecule has 0 spiro atoms. The van der Waals surface area contributed by atoms with Crippen LogP contribution in [0.15, 0.2) is 47.8 Å². The SMILES string of the molecule is O=C(Cc1ccc(F)cc1F)c1csc2ccccc12. The molecule has 0 bridgehead atoms. The van der Waals surface area contributed by atoms with Gasteiger partial charge >= 0.3 is 0 Å². The Balaban J connectivity index is 1.93. The zero-order chi connectivity index (χ0) is 14.1. The van der Waals surface area contributed by atoms with Crippen molar-refractivity contribution in [1.82, 2.24) is 0 Å². The second kappa shape index (κ2) is 5.13. The van der Waals surface area contributed by atoms with Crippen LogP contribution in [0.5, 0.6) is 0 Å². The molecule has 4 heteroatoms. The molecule has 3 aromatic rings. The van der Waals surface area contributed by atoms with Gasteiger partial charge in [-0.2, -0.15) is 0 Å². The van der Waals surface area contributed by atoms with Crippen LogP contribution in [-0.2, 0) is 6.42 Å². The van der Waals surface area contributed by atoms with Gasteiger partial charge in [-0.3, -0.25) is 4.79 Å². The number of carbonyl (C=O) groups is 1. The fourth-order valence-corrected chi connectivity index (χ4v) is 3.09. The van der Waals surface area contributed by atoms with Crippen LogP contribution in [0.1, 0.15) is 15.9 Å². The zero-order valence-electron chi connectivity index (χ0n) is 10.4. The van der Waals surface area contributed by atoms with Crippen molar-refractivity contribution in [2.75, 3.05) is 0 Å². The summed E-state index contributed by atoms with van der Waals surface area (Å²) in [5.74, 6) is -1.48. The first-order valence-corrected chi connectivity index (χ1v) is 6.96. The average Bonchev–Trinajstić information content (AvgIpc) is 2.86. The summed E-state index contributed by atoms with van der Waals surface area (Å²) in [4.78, 5) is 12.3. The van der Waals surface area contributed by atoms with Crippen molar-refractivity contribution >= 4 is 27.2 Å². The lowest BCUT2D eigenvalue weighted by atomic mass is 10.0. The zero-order valence-corrected chi connectivity index (χ0v) is 11.2. The van der Waals surface area contributed by atoms with Crippen LogP contribution in [0.2, 0.25) is 0 Å². The summed E-state index contributed by atoms with van der Waals surface area (Å²) in [6.07, 6.45) is -0.0627. The van der Waals surface area contributed by atoms with E-state index < -0.39 is 11.6 Å². The maximum Gasteiger partial charge on any atom is 0.168 e. The lowest BCUT2D eigenvalue weighted by Gasteiger charge is -2.02. The van der Waals surface area contributed by atoms with Gasteiger partial charge in [0.1, 0.15) is 11.6 Å². The minimum atomic E-state index is -0.683. The Labute approximate surface area is 118 Å². The number of ketones is 1. The van der Waals surface area contributed by atoms with Gasteiger partial charge in [-0.05, 0) is 17.7 Å². The average molecular weight is 288 g/mol. The maximum atomic E-state index is 13.6. The normalized spacial score (nSPS) is 10.9. The number of thiophene rings is 1. The second-order valence-electron chi connectivity index (χ2n) is 4.48. The summed E-state index contributed by atoms with van der Waals surface area (Å²) in [5.41, 5.74) is 0.806. The van der Waals surface area contributed by atoms with Crippen LogP contribution >= 0.6 is 11.3 Å². The summed E-state index contributed by atoms with van der Waals surface area (Å²) >= 11 is 1.48. The highest BCUT2D eigenvalue weighted by Crippen LogP contribution is 2.27. The van der Waals surface area contributed by atoms with Gasteiger partial charge in [-0.25, -0.2) is 8.78 Å². The molecule has 0 aliphatic rings. The van der Waals surface area contributed by atoms with Crippen molar-refractivity contribution in [1.29, 1.82) is 0 Å². The minimum absolute atomic E-state index is 0.0627. The smallest absolute Gasteiger partial charge is 0.168 e. The Kier molecular flexibility index (Phi) is 3.32. The van der Waals surface area contributed by atoms with E-state index in [-0.39, 0.29) is 17.8 Å². The summed E-state index contributed by atoms with van der Waals surface area (Å²) in [5, 5.41) is 2.67. The van der Waals surface area contributed by atoms with Crippen molar-refractivity contribution in [3.63, 3.8) is 0 Å². The third kappa shape index (κ3) is 2.34. The molecular weight excluding hydrogens is 278 g/mol. The predicted molar refractivity (Wildman–Crippen MR) is 76.2 cm³/mol. The van der Waals surface area contributed by atoms with Crippen LogP contribution in [-0.4, -0.2) is 5.78 Å². The van der Waals surface area contributed by atoms with Gasteiger partial charge in [0.15, 0.2) is 5.78 Å². The topological polar surface area (TPSA) is 17.1 Å². The van der Waals surface area contributed by atoms with Gasteiger partial charge in [0, 0.05) is 33.5 Å². The van der Waals surface area contributed by atoms with E-state index >= 15 is 0 Å². The molecule has 20 heavy (non-hydrogen) atoms. The van der Waals surface area contributed by atoms with E-state index in [0.717, 1.165) is 22.2 Å². The highest BCUT2D eigenvalue weighted by atomic mass is 32.1. The molecule has 2 aromatic carbocycles. The molecule has 0 fully saturated rings. The lowest BCUT2D eigenvalue weighted by molar-refractivity contribution is 0.0993. The second-order valence-corrected chi connectivity index (χ2v) is 5.39. The molecule has 0 radical (unpaired) electrons. The van der Waals surface area contributed by atoms with Crippen LogP contribution in [0, 0.1) is 11.6 Å². The third-order valence-corrected chi connectivity index (χ3v) is 4.11. The van der Waals surface area contributed by atoms with Gasteiger partial charge in [0.2, 0.25) is 0 Å². The first kappa shape index (κ1) is 12.9. The third-order valence-electron chi connectivity index (χ3n) is 3.15. The molecule has 0 atom stereocenters. The minimum Gasteiger partial charge on any atom is -0.294 e. The molecule has 1 heterocycles. The standard InChI is InChI=1S/C16H10F2OS/c17-11-6-5-10(14(18)8-11)7-15(19)13-9-20-16-4-2-1-3-12(13)16/h1-6,8-9H,7H2. The fourth-order valence-electron chi connectivity index (χ4n) is 2.13. The Morgan fingerprint density at radius 3 is 2.70 bits per heavy atom. The Morgan fingerprint density at radius 2 is 1.90 bits per heavy atom. The number of carbonyl (C=O) groups excluding carboxylic acids is 1. The van der Waals surface area contributed by atoms with E-state index in [1.807, 2.05) is 24.3 Å². The van der Waals surface area contributed by atoms with E-state index in [4.69, 9.17) is 0 Å². The Bertz CT molecular complexity index is 792. The lowest BCUT2D eigenvalue weighted by Crippen LogP contribution is -2.04. The van der Waals surface area contributed by atoms with E-state index in [1.54, 1.807) is 5.38 Å². The van der Waals surface area contributed by atoms with Gasteiger partial charge < -0.3 is 0 Å². The molecule has 1 aromatic heterocycles. The van der Waals surface area contributed by atoms with Crippen LogP contribution < -0.4 is 0 Å². The highest BCUT2D eigenvalue weighted by molar-refractivity contribution is 7.17. The number of benzene rings is 2. The van der Waals surface area contributed by atoms with E-state index in [0.29, 0.717) is 5.56 Å². The Morgan fingerprint density at radius 1 is 1.10 bits per heavy atom. The number of Topliss-reactive ketones (excluding diaryl/α,β-unsaturated/α-hetero) is 1. The number of hydrogen-bond donors (Lipinski definition) is 0. The fraction of sp³-hybridized carbons (Fsp3) is 0.0625. The number of rotatable bonds is 3. The molecule has 0 aliphatic heterocycles. The van der Waals surface area contributed by atoms with Crippen LogP contribution in [0.4, 0.5) is 8.78 Å². The molecule has 0 amide bonds. The first-order valence-electron chi connectivity index (χ1n) is 6.08. The van der Waals surface area contributed by atoms with Crippen LogP contribution in [0.3, 0.4) is 0 Å². The van der Waals surface area contributed by atoms with Gasteiger partial charge in [0.25, 0.3) is 0 Å². The van der Waals surface area contributed by atoms with Gasteiger partial charge in [0.05, 0.1) is 0 Å². The Hall–Kier alpha value is -2.07. The summed E-state index contributed by atoms with van der Waals surface area (Å²) < 4.78 is 27.4. The van der Waals surface area contributed by atoms with E-state index in [2.05, 4.69) is 0 Å². The first-order chi connectivity index (χ1) is 9.65. The molecule has 0 saturated carbocycles. The van der Waals surface area contributed by atoms with Crippen molar-refractivity contribution in [2.24, 2.45) is 0 Å². The molecule has 1 nitrogen and oxygen atoms in total. The van der Waals surface area contributed by atoms with E-state index in [9.17, 15) is 13.6 Å². The van der Waals surface area contributed by atoms with Gasteiger partial charge in [-0.1, -0.05) is 24.3 Å². The molecule has 0 N–H and O–H groups in total. The molecular formula is C16H10F2OS. The molecule has 0 aliphatic carbocycles. The van der Waals surface area contributed by atoms with E-state index in [1.165, 1.54) is 17.4 Å². The monoisotopic (exact) mass is 288 g/mol. The molecule has 3 rings (SSSR count). The molecule has 0 saturated heterocycles. The van der Waals surface area contributed by atoms with Crippen LogP contribution in [0.25, 0.3) is 10.1 Å². The number of fused-ring (bicyclic) bond motifs is 1. The van der Waals surface area contributed by atoms with Crippen molar-refractivity contribution in [3.8, 4) is 0 Å². The predicted octanol–water partition coefficient (Wildman–Crippen LogP) is 4.60. The van der Waals surface area contributed by atoms with Gasteiger partial charge in [-0.15, -0.1) is 11.3 Å². The quantitative estimate of drug-likeness (QED) is 0.643. The maximum absolute atomic E-state index is 13.6. The summed E-state index contributed by atoms with van der Waals surface area (Å²) in [6, 6.07) is 10.9. The van der Waals surface area contributed by atoms with Crippen molar-refractivity contribution in [3.05, 3.63) is 70.6 Å². The highest BCUT2D eigenvalue weighted by Gasteiger charge is 2.14. The number of halogens is 2. The largest absolute Gasteiger partial charge is 0.294 e. The number of hydrogen-bond acceptors (Lipinski definition) is 2. The molecule has 100 valence electrons.